The van der Waals surface area contributed by atoms with Crippen molar-refractivity contribution in [3.63, 3.8) is 0 Å². The first-order chi connectivity index (χ1) is 5.52. The number of ether oxygens (including phenoxy) is 1. The molecule has 0 amide bonds. The molecule has 5 nitrogen and oxygen atoms in total. The van der Waals surface area contributed by atoms with Gasteiger partial charge in [0.25, 0.3) is 0 Å². The van der Waals surface area contributed by atoms with Gasteiger partial charge in [0.05, 0.1) is 12.2 Å². The van der Waals surface area contributed by atoms with Gasteiger partial charge in [-0.3, -0.25) is 0 Å². The Kier molecular flexibility index (Phi) is 2.66. The second kappa shape index (κ2) is 3.38. The van der Waals surface area contributed by atoms with Crippen molar-refractivity contribution >= 4 is 5.97 Å². The molecule has 1 rings (SSSR count). The molecule has 0 spiro atoms. The van der Waals surface area contributed by atoms with Gasteiger partial charge in [-0.25, -0.2) is 4.79 Å². The summed E-state index contributed by atoms with van der Waals surface area (Å²) in [6.07, 6.45) is -3.69. The number of hydrogen-bond donors (Lipinski definition) is 3. The number of aliphatic hydroxyl groups excluding tert-OH is 2. The molecule has 4 unspecified atom stereocenters. The number of rotatable bonds is 1. The van der Waals surface area contributed by atoms with Crippen molar-refractivity contribution in [2.24, 2.45) is 0 Å². The lowest BCUT2D eigenvalue weighted by Crippen LogP contribution is -2.51. The van der Waals surface area contributed by atoms with E-state index in [1.165, 1.54) is 0 Å². The van der Waals surface area contributed by atoms with Gasteiger partial charge < -0.3 is 20.1 Å². The highest BCUT2D eigenvalue weighted by Crippen LogP contribution is 2.19. The lowest BCUT2D eigenvalue weighted by molar-refractivity contribution is -0.190. The SMILES string of the molecule is CC1CC(O)C(O)C(C(=O)O)O1. The van der Waals surface area contributed by atoms with E-state index in [0.29, 0.717) is 0 Å². The number of aliphatic hydroxyl groups is 2. The first-order valence-electron chi connectivity index (χ1n) is 3.76. The largest absolute Gasteiger partial charge is 0.479 e. The van der Waals surface area contributed by atoms with E-state index in [1.807, 2.05) is 0 Å². The standard InChI is InChI=1S/C7H12O5/c1-3-2-4(8)5(9)6(12-3)7(10)11/h3-6,8-9H,2H2,1H3,(H,10,11). The van der Waals surface area contributed by atoms with Crippen LogP contribution < -0.4 is 0 Å². The summed E-state index contributed by atoms with van der Waals surface area (Å²) in [4.78, 5) is 10.5. The molecule has 0 aromatic heterocycles. The third kappa shape index (κ3) is 1.74. The average Bonchev–Trinajstić information content (AvgIpc) is 1.96. The van der Waals surface area contributed by atoms with E-state index >= 15 is 0 Å². The van der Waals surface area contributed by atoms with Crippen LogP contribution in [0.1, 0.15) is 13.3 Å². The highest BCUT2D eigenvalue weighted by Gasteiger charge is 2.39. The topological polar surface area (TPSA) is 87.0 Å². The lowest BCUT2D eigenvalue weighted by atomic mass is 9.99. The second-order valence-corrected chi connectivity index (χ2v) is 3.00. The van der Waals surface area contributed by atoms with Gasteiger partial charge in [-0.2, -0.15) is 0 Å². The van der Waals surface area contributed by atoms with Gasteiger partial charge in [-0.15, -0.1) is 0 Å². The van der Waals surface area contributed by atoms with Crippen molar-refractivity contribution in [3.05, 3.63) is 0 Å². The molecule has 5 heteroatoms. The van der Waals surface area contributed by atoms with Crippen LogP contribution in [0.5, 0.6) is 0 Å². The predicted molar refractivity (Wildman–Crippen MR) is 38.6 cm³/mol. The third-order valence-corrected chi connectivity index (χ3v) is 1.90. The molecule has 0 aromatic carbocycles. The van der Waals surface area contributed by atoms with Crippen molar-refractivity contribution in [2.45, 2.75) is 37.8 Å². The van der Waals surface area contributed by atoms with Gasteiger partial charge in [0.2, 0.25) is 0 Å². The van der Waals surface area contributed by atoms with Crippen LogP contribution in [0.2, 0.25) is 0 Å². The molecular weight excluding hydrogens is 164 g/mol. The molecule has 1 aliphatic rings. The molecule has 1 heterocycles. The van der Waals surface area contributed by atoms with Crippen molar-refractivity contribution in [1.82, 2.24) is 0 Å². The third-order valence-electron chi connectivity index (χ3n) is 1.90. The zero-order chi connectivity index (χ0) is 9.30. The Balaban J connectivity index is 2.66. The Morgan fingerprint density at radius 1 is 1.50 bits per heavy atom. The van der Waals surface area contributed by atoms with Crippen LogP contribution >= 0.6 is 0 Å². The van der Waals surface area contributed by atoms with Gasteiger partial charge in [-0.05, 0) is 6.92 Å². The van der Waals surface area contributed by atoms with E-state index in [-0.39, 0.29) is 12.5 Å². The highest BCUT2D eigenvalue weighted by molar-refractivity contribution is 5.73. The first kappa shape index (κ1) is 9.44. The summed E-state index contributed by atoms with van der Waals surface area (Å²) in [5, 5.41) is 26.9. The number of carboxylic acids is 1. The average molecular weight is 176 g/mol. The van der Waals surface area contributed by atoms with E-state index in [9.17, 15) is 9.90 Å². The molecule has 1 saturated heterocycles. The molecule has 1 fully saturated rings. The molecular formula is C7H12O5. The van der Waals surface area contributed by atoms with Crippen molar-refractivity contribution < 1.29 is 24.9 Å². The Hall–Kier alpha value is -0.650. The van der Waals surface area contributed by atoms with E-state index < -0.39 is 24.3 Å². The minimum atomic E-state index is -1.32. The Morgan fingerprint density at radius 2 is 2.08 bits per heavy atom. The van der Waals surface area contributed by atoms with E-state index in [1.54, 1.807) is 6.92 Å². The minimum Gasteiger partial charge on any atom is -0.479 e. The molecule has 70 valence electrons. The van der Waals surface area contributed by atoms with Crippen LogP contribution in [-0.4, -0.2) is 45.7 Å². The quantitative estimate of drug-likeness (QED) is 0.475. The summed E-state index contributed by atoms with van der Waals surface area (Å²) in [7, 11) is 0. The lowest BCUT2D eigenvalue weighted by Gasteiger charge is -2.33. The summed E-state index contributed by atoms with van der Waals surface area (Å²) in [6, 6.07) is 0. The molecule has 0 saturated carbocycles. The Bertz CT molecular complexity index is 181. The number of aliphatic carboxylic acids is 1. The van der Waals surface area contributed by atoms with Crippen LogP contribution in [0.3, 0.4) is 0 Å². The zero-order valence-electron chi connectivity index (χ0n) is 6.67. The summed E-state index contributed by atoms with van der Waals surface area (Å²) in [5.41, 5.74) is 0. The van der Waals surface area contributed by atoms with Crippen molar-refractivity contribution in [2.75, 3.05) is 0 Å². The van der Waals surface area contributed by atoms with Crippen LogP contribution in [0.25, 0.3) is 0 Å². The fourth-order valence-electron chi connectivity index (χ4n) is 1.27. The predicted octanol–water partition coefficient (Wildman–Crippen LogP) is -1.03. The van der Waals surface area contributed by atoms with Crippen LogP contribution in [0.4, 0.5) is 0 Å². The van der Waals surface area contributed by atoms with Crippen LogP contribution in [0, 0.1) is 0 Å². The van der Waals surface area contributed by atoms with Crippen molar-refractivity contribution in [1.29, 1.82) is 0 Å². The number of carbonyl (C=O) groups is 1. The van der Waals surface area contributed by atoms with E-state index in [2.05, 4.69) is 0 Å². The summed E-state index contributed by atoms with van der Waals surface area (Å²) < 4.78 is 4.92. The molecule has 3 N–H and O–H groups in total. The number of carboxylic acid groups (broad SMARTS) is 1. The van der Waals surface area contributed by atoms with Gasteiger partial charge in [-0.1, -0.05) is 0 Å². The zero-order valence-corrected chi connectivity index (χ0v) is 6.67. The normalized spacial score (nSPS) is 42.6. The first-order valence-corrected chi connectivity index (χ1v) is 3.76. The molecule has 0 aromatic rings. The maximum atomic E-state index is 10.5. The Morgan fingerprint density at radius 3 is 2.58 bits per heavy atom. The Labute approximate surface area is 69.6 Å². The summed E-state index contributed by atoms with van der Waals surface area (Å²) >= 11 is 0. The molecule has 0 radical (unpaired) electrons. The fourth-order valence-corrected chi connectivity index (χ4v) is 1.27. The van der Waals surface area contributed by atoms with Gasteiger partial charge in [0.1, 0.15) is 6.10 Å². The molecule has 4 atom stereocenters. The molecule has 1 aliphatic heterocycles. The smallest absolute Gasteiger partial charge is 0.335 e. The second-order valence-electron chi connectivity index (χ2n) is 3.00. The van der Waals surface area contributed by atoms with Crippen molar-refractivity contribution in [3.8, 4) is 0 Å². The molecule has 12 heavy (non-hydrogen) atoms. The van der Waals surface area contributed by atoms with Gasteiger partial charge in [0, 0.05) is 6.42 Å². The van der Waals surface area contributed by atoms with Gasteiger partial charge in [0.15, 0.2) is 6.10 Å². The van der Waals surface area contributed by atoms with Gasteiger partial charge >= 0.3 is 5.97 Å². The number of hydrogen-bond acceptors (Lipinski definition) is 4. The van der Waals surface area contributed by atoms with E-state index in [0.717, 1.165) is 0 Å². The fraction of sp³-hybridized carbons (Fsp3) is 0.857. The van der Waals surface area contributed by atoms with E-state index in [4.69, 9.17) is 14.9 Å². The monoisotopic (exact) mass is 176 g/mol. The summed E-state index contributed by atoms with van der Waals surface area (Å²) in [6.45, 7) is 1.66. The highest BCUT2D eigenvalue weighted by atomic mass is 16.5. The van der Waals surface area contributed by atoms with Crippen LogP contribution in [0.15, 0.2) is 0 Å². The maximum Gasteiger partial charge on any atom is 0.335 e. The molecule has 0 bridgehead atoms. The van der Waals surface area contributed by atoms with Crippen LogP contribution in [-0.2, 0) is 9.53 Å². The minimum absolute atomic E-state index is 0.269. The summed E-state index contributed by atoms with van der Waals surface area (Å²) in [5.74, 6) is -1.24. The molecule has 0 aliphatic carbocycles. The maximum absolute atomic E-state index is 10.5.